The van der Waals surface area contributed by atoms with Crippen LogP contribution in [0.1, 0.15) is 31.0 Å². The molecule has 1 aromatic heterocycles. The number of fused-ring (bicyclic) bond motifs is 1. The average molecular weight is 419 g/mol. The number of Topliss-reactive ketones (excluding diaryl/α,β-unsaturated/α-hetero) is 1. The van der Waals surface area contributed by atoms with Gasteiger partial charge in [0, 0.05) is 6.42 Å². The summed E-state index contributed by atoms with van der Waals surface area (Å²) in [6, 6.07) is 6.31. The van der Waals surface area contributed by atoms with Gasteiger partial charge in [-0.1, -0.05) is 24.3 Å². The molecule has 2 atom stereocenters. The quantitative estimate of drug-likeness (QED) is 0.474. The Hall–Kier alpha value is -3.25. The number of ketones is 1. The number of halogens is 4. The Kier molecular flexibility index (Phi) is 5.39. The molecule has 5 nitrogen and oxygen atoms in total. The van der Waals surface area contributed by atoms with Crippen molar-refractivity contribution >= 4 is 22.5 Å². The van der Waals surface area contributed by atoms with Crippen molar-refractivity contribution in [1.82, 2.24) is 9.55 Å². The molecule has 30 heavy (non-hydrogen) atoms. The third-order valence-corrected chi connectivity index (χ3v) is 5.19. The summed E-state index contributed by atoms with van der Waals surface area (Å²) in [5, 5.41) is 10.9. The van der Waals surface area contributed by atoms with Gasteiger partial charge in [0.1, 0.15) is 16.9 Å². The molecule has 0 fully saturated rings. The normalized spacial score (nSPS) is 14.9. The highest BCUT2D eigenvalue weighted by Gasteiger charge is 2.39. The first-order valence-electron chi connectivity index (χ1n) is 8.91. The number of nitrogens with zero attached hydrogens (tertiary/aromatic N) is 3. The molecule has 2 aromatic carbocycles. The Bertz CT molecular complexity index is 1160. The van der Waals surface area contributed by atoms with E-state index in [4.69, 9.17) is 6.57 Å². The van der Waals surface area contributed by atoms with Gasteiger partial charge >= 0.3 is 6.18 Å². The van der Waals surface area contributed by atoms with Crippen LogP contribution >= 0.6 is 0 Å². The summed E-state index contributed by atoms with van der Waals surface area (Å²) in [6.07, 6.45) is -3.94. The van der Waals surface area contributed by atoms with Crippen molar-refractivity contribution in [2.75, 3.05) is 0 Å². The van der Waals surface area contributed by atoms with Gasteiger partial charge in [-0.2, -0.15) is 13.2 Å². The lowest BCUT2D eigenvalue weighted by Crippen LogP contribution is -2.43. The molecule has 3 rings (SSSR count). The van der Waals surface area contributed by atoms with Gasteiger partial charge < -0.3 is 9.67 Å². The van der Waals surface area contributed by atoms with Crippen LogP contribution in [-0.4, -0.2) is 26.0 Å². The number of hydrogen-bond acceptors (Lipinski definition) is 3. The Morgan fingerprint density at radius 1 is 1.30 bits per heavy atom. The Balaban J connectivity index is 1.92. The van der Waals surface area contributed by atoms with Gasteiger partial charge in [-0.3, -0.25) is 4.79 Å². The highest BCUT2D eigenvalue weighted by Crippen LogP contribution is 2.37. The summed E-state index contributed by atoms with van der Waals surface area (Å²) < 4.78 is 55.1. The minimum Gasteiger partial charge on any atom is -0.380 e. The molecule has 1 N–H and O–H groups in total. The molecule has 0 radical (unpaired) electrons. The molecular weight excluding hydrogens is 402 g/mol. The number of alkyl halides is 3. The number of aliphatic hydroxyl groups is 1. The van der Waals surface area contributed by atoms with E-state index >= 15 is 0 Å². The second-order valence-electron chi connectivity index (χ2n) is 7.14. The summed E-state index contributed by atoms with van der Waals surface area (Å²) in [6.45, 7) is 9.60. The largest absolute Gasteiger partial charge is 0.407 e. The SMILES string of the molecule is [C-]#[N+]c1ccc(CC(=O)[C@@](C)(O)C(C)n2cnc3cccc(F)c32)cc1C(F)(F)F. The predicted octanol–water partition coefficient (Wildman–Crippen LogP) is 4.87. The Labute approximate surface area is 169 Å². The number of hydrogen-bond donors (Lipinski definition) is 1. The van der Waals surface area contributed by atoms with Crippen LogP contribution in [0.5, 0.6) is 0 Å². The van der Waals surface area contributed by atoms with Crippen LogP contribution in [0.15, 0.2) is 42.7 Å². The zero-order valence-electron chi connectivity index (χ0n) is 16.0. The standard InChI is InChI=1S/C21H17F4N3O2/c1-12(28-11-27-17-6-4-5-15(22)19(17)28)20(2,30)18(29)10-13-7-8-16(26-3)14(9-13)21(23,24)25/h4-9,11-12,30H,10H2,1-2H3/t12?,20-/m0/s1. The average Bonchev–Trinajstić information content (AvgIpc) is 3.12. The number of imidazole rings is 1. The fraction of sp³-hybridized carbons (Fsp3) is 0.286. The molecule has 0 saturated carbocycles. The fourth-order valence-electron chi connectivity index (χ4n) is 3.23. The van der Waals surface area contributed by atoms with Gasteiger partial charge in [0.15, 0.2) is 11.5 Å². The highest BCUT2D eigenvalue weighted by atomic mass is 19.4. The van der Waals surface area contributed by atoms with Crippen molar-refractivity contribution in [3.8, 4) is 0 Å². The molecule has 0 amide bonds. The number of aromatic nitrogens is 2. The molecule has 0 aliphatic rings. The highest BCUT2D eigenvalue weighted by molar-refractivity contribution is 5.89. The summed E-state index contributed by atoms with van der Waals surface area (Å²) in [7, 11) is 0. The lowest BCUT2D eigenvalue weighted by atomic mass is 9.88. The Morgan fingerprint density at radius 3 is 2.63 bits per heavy atom. The predicted molar refractivity (Wildman–Crippen MR) is 101 cm³/mol. The van der Waals surface area contributed by atoms with Crippen LogP contribution in [0, 0.1) is 12.4 Å². The number of rotatable bonds is 5. The van der Waals surface area contributed by atoms with Crippen LogP contribution in [0.25, 0.3) is 15.9 Å². The number of carbonyl (C=O) groups is 1. The van der Waals surface area contributed by atoms with E-state index < -0.39 is 47.1 Å². The monoisotopic (exact) mass is 419 g/mol. The first-order valence-corrected chi connectivity index (χ1v) is 8.91. The lowest BCUT2D eigenvalue weighted by Gasteiger charge is -2.30. The van der Waals surface area contributed by atoms with E-state index in [9.17, 15) is 27.5 Å². The van der Waals surface area contributed by atoms with Gasteiger partial charge in [-0.15, -0.1) is 0 Å². The van der Waals surface area contributed by atoms with E-state index in [0.717, 1.165) is 12.1 Å². The molecule has 1 heterocycles. The first-order chi connectivity index (χ1) is 14.0. The maximum Gasteiger partial charge on any atom is 0.407 e. The number of benzene rings is 2. The topological polar surface area (TPSA) is 59.5 Å². The molecule has 0 aliphatic heterocycles. The van der Waals surface area contributed by atoms with Crippen LogP contribution in [0.4, 0.5) is 23.2 Å². The minimum absolute atomic E-state index is 0.00821. The third-order valence-electron chi connectivity index (χ3n) is 5.19. The van der Waals surface area contributed by atoms with Crippen LogP contribution in [0.3, 0.4) is 0 Å². The second kappa shape index (κ2) is 7.54. The molecule has 0 bridgehead atoms. The van der Waals surface area contributed by atoms with Crippen molar-refractivity contribution in [2.24, 2.45) is 0 Å². The van der Waals surface area contributed by atoms with Crippen molar-refractivity contribution < 1.29 is 27.5 Å². The van der Waals surface area contributed by atoms with E-state index in [2.05, 4.69) is 9.83 Å². The smallest absolute Gasteiger partial charge is 0.380 e. The van der Waals surface area contributed by atoms with E-state index in [1.54, 1.807) is 6.07 Å². The number of carbonyl (C=O) groups excluding carboxylic acids is 1. The van der Waals surface area contributed by atoms with Crippen molar-refractivity contribution in [3.63, 3.8) is 0 Å². The Morgan fingerprint density at radius 2 is 2.00 bits per heavy atom. The van der Waals surface area contributed by atoms with Crippen LogP contribution in [-0.2, 0) is 17.4 Å². The summed E-state index contributed by atoms with van der Waals surface area (Å²) in [4.78, 5) is 19.7. The zero-order chi connectivity index (χ0) is 22.3. The third kappa shape index (κ3) is 3.78. The zero-order valence-corrected chi connectivity index (χ0v) is 16.0. The summed E-state index contributed by atoms with van der Waals surface area (Å²) in [5.74, 6) is -1.33. The maximum absolute atomic E-state index is 14.2. The minimum atomic E-state index is -4.75. The summed E-state index contributed by atoms with van der Waals surface area (Å²) in [5.41, 5.74) is -3.27. The molecule has 0 saturated heterocycles. The van der Waals surface area contributed by atoms with Crippen LogP contribution < -0.4 is 0 Å². The molecule has 1 unspecified atom stereocenters. The van der Waals surface area contributed by atoms with Gasteiger partial charge in [0.05, 0.1) is 30.0 Å². The fourth-order valence-corrected chi connectivity index (χ4v) is 3.23. The van der Waals surface area contributed by atoms with Crippen molar-refractivity contribution in [2.45, 2.75) is 38.1 Å². The maximum atomic E-state index is 14.2. The van der Waals surface area contributed by atoms with E-state index in [-0.39, 0.29) is 11.1 Å². The first kappa shape index (κ1) is 21.5. The molecular formula is C21H17F4N3O2. The lowest BCUT2D eigenvalue weighted by molar-refractivity contribution is -0.139. The second-order valence-corrected chi connectivity index (χ2v) is 7.14. The molecule has 3 aromatic rings. The van der Waals surface area contributed by atoms with Crippen LogP contribution in [0.2, 0.25) is 0 Å². The van der Waals surface area contributed by atoms with Gasteiger partial charge in [0.25, 0.3) is 0 Å². The molecule has 0 spiro atoms. The molecule has 156 valence electrons. The number of para-hydroxylation sites is 1. The van der Waals surface area contributed by atoms with Crippen molar-refractivity contribution in [3.05, 3.63) is 71.1 Å². The molecule has 0 aliphatic carbocycles. The van der Waals surface area contributed by atoms with Gasteiger partial charge in [-0.05, 0) is 31.5 Å². The van der Waals surface area contributed by atoms with E-state index in [1.807, 2.05) is 0 Å². The van der Waals surface area contributed by atoms with Gasteiger partial charge in [-0.25, -0.2) is 14.2 Å². The van der Waals surface area contributed by atoms with E-state index in [0.29, 0.717) is 5.52 Å². The van der Waals surface area contributed by atoms with Gasteiger partial charge in [0.2, 0.25) is 0 Å². The van der Waals surface area contributed by atoms with Crippen molar-refractivity contribution in [1.29, 1.82) is 0 Å². The van der Waals surface area contributed by atoms with E-state index in [1.165, 1.54) is 42.9 Å². The molecule has 9 heteroatoms. The summed E-state index contributed by atoms with van der Waals surface area (Å²) >= 11 is 0.